The fourth-order valence-corrected chi connectivity index (χ4v) is 2.26. The number of nitrogens with one attached hydrogen (secondary N) is 1. The molecule has 0 atom stereocenters. The van der Waals surface area contributed by atoms with Crippen molar-refractivity contribution in [2.75, 3.05) is 11.0 Å². The Morgan fingerprint density at radius 2 is 1.75 bits per heavy atom. The van der Waals surface area contributed by atoms with E-state index >= 15 is 0 Å². The first-order valence-corrected chi connectivity index (χ1v) is 6.55. The van der Waals surface area contributed by atoms with Gasteiger partial charge in [0.05, 0.1) is 27.6 Å². The molecule has 0 spiro atoms. The number of hydrogen-bond donors (Lipinski definition) is 2. The smallest absolute Gasteiger partial charge is 0.335 e. The summed E-state index contributed by atoms with van der Waals surface area (Å²) in [5, 5.41) is 8.55. The topological polar surface area (TPSA) is 83.5 Å². The summed E-state index contributed by atoms with van der Waals surface area (Å²) in [6.07, 6.45) is 0.935. The first-order valence-electron chi connectivity index (χ1n) is 3.91. The highest BCUT2D eigenvalue weighted by Gasteiger charge is 2.14. The number of benzene rings is 1. The lowest BCUT2D eigenvalue weighted by Crippen LogP contribution is -2.11. The van der Waals surface area contributed by atoms with Crippen LogP contribution in [0.2, 0.25) is 10.0 Å². The Hall–Kier alpha value is -0.980. The summed E-state index contributed by atoms with van der Waals surface area (Å²) in [5.74, 6) is -1.20. The van der Waals surface area contributed by atoms with Crippen molar-refractivity contribution in [1.82, 2.24) is 0 Å². The van der Waals surface area contributed by atoms with Gasteiger partial charge in [-0.3, -0.25) is 4.72 Å². The Morgan fingerprint density at radius 3 is 2.06 bits per heavy atom. The number of carboxylic acids is 1. The van der Waals surface area contributed by atoms with Crippen molar-refractivity contribution in [3.63, 3.8) is 0 Å². The molecule has 0 aliphatic rings. The van der Waals surface area contributed by atoms with Crippen LogP contribution in [-0.2, 0) is 10.0 Å². The van der Waals surface area contributed by atoms with Crippen molar-refractivity contribution < 1.29 is 18.3 Å². The van der Waals surface area contributed by atoms with Gasteiger partial charge >= 0.3 is 5.97 Å². The average Bonchev–Trinajstić information content (AvgIpc) is 2.09. The molecule has 0 heterocycles. The summed E-state index contributed by atoms with van der Waals surface area (Å²) in [5.41, 5.74) is -0.148. The van der Waals surface area contributed by atoms with Gasteiger partial charge in [-0.15, -0.1) is 0 Å². The Kier molecular flexibility index (Phi) is 3.67. The number of aromatic carboxylic acids is 1. The average molecular weight is 284 g/mol. The van der Waals surface area contributed by atoms with Crippen LogP contribution in [0.3, 0.4) is 0 Å². The number of rotatable bonds is 3. The lowest BCUT2D eigenvalue weighted by atomic mass is 10.2. The monoisotopic (exact) mass is 283 g/mol. The van der Waals surface area contributed by atoms with E-state index in [0.29, 0.717) is 0 Å². The van der Waals surface area contributed by atoms with Gasteiger partial charge in [0, 0.05) is 0 Å². The van der Waals surface area contributed by atoms with E-state index in [1.807, 2.05) is 0 Å². The summed E-state index contributed by atoms with van der Waals surface area (Å²) < 4.78 is 24.1. The SMILES string of the molecule is CS(=O)(=O)Nc1c(Cl)cc(C(=O)O)cc1Cl. The maximum absolute atomic E-state index is 11.0. The first kappa shape index (κ1) is 13.1. The molecule has 1 aromatic carbocycles. The predicted octanol–water partition coefficient (Wildman–Crippen LogP) is 2.06. The van der Waals surface area contributed by atoms with Crippen molar-refractivity contribution in [3.8, 4) is 0 Å². The summed E-state index contributed by atoms with van der Waals surface area (Å²) in [4.78, 5) is 10.6. The van der Waals surface area contributed by atoms with Crippen molar-refractivity contribution in [2.24, 2.45) is 0 Å². The van der Waals surface area contributed by atoms with E-state index in [0.717, 1.165) is 18.4 Å². The molecule has 2 N–H and O–H groups in total. The predicted molar refractivity (Wildman–Crippen MR) is 61.9 cm³/mol. The van der Waals surface area contributed by atoms with Gasteiger partial charge in [0.25, 0.3) is 0 Å². The first-order chi connectivity index (χ1) is 7.20. The second kappa shape index (κ2) is 4.48. The maximum Gasteiger partial charge on any atom is 0.335 e. The number of hydrogen-bond acceptors (Lipinski definition) is 3. The van der Waals surface area contributed by atoms with Gasteiger partial charge in [0.2, 0.25) is 10.0 Å². The van der Waals surface area contributed by atoms with Crippen LogP contribution in [0, 0.1) is 0 Å². The number of carboxylic acid groups (broad SMARTS) is 1. The molecule has 0 saturated heterocycles. The van der Waals surface area contributed by atoms with Gasteiger partial charge < -0.3 is 5.11 Å². The highest BCUT2D eigenvalue weighted by Crippen LogP contribution is 2.32. The van der Waals surface area contributed by atoms with Gasteiger partial charge in [-0.05, 0) is 12.1 Å². The fourth-order valence-electron chi connectivity index (χ4n) is 0.980. The zero-order chi connectivity index (χ0) is 12.5. The molecule has 1 aromatic rings. The third-order valence-corrected chi connectivity index (χ3v) is 2.75. The Bertz CT molecular complexity index is 518. The normalized spacial score (nSPS) is 11.2. The largest absolute Gasteiger partial charge is 0.478 e. The van der Waals surface area contributed by atoms with Crippen LogP contribution in [-0.4, -0.2) is 25.7 Å². The molecule has 0 aliphatic heterocycles. The zero-order valence-electron chi connectivity index (χ0n) is 7.99. The molecular formula is C8H7Cl2NO4S. The van der Waals surface area contributed by atoms with Crippen LogP contribution < -0.4 is 4.72 Å². The summed E-state index contributed by atoms with van der Waals surface area (Å²) >= 11 is 11.4. The molecular weight excluding hydrogens is 277 g/mol. The molecule has 8 heteroatoms. The van der Waals surface area contributed by atoms with Gasteiger partial charge in [0.15, 0.2) is 0 Å². The lowest BCUT2D eigenvalue weighted by molar-refractivity contribution is 0.0697. The minimum atomic E-state index is -3.52. The third kappa shape index (κ3) is 3.26. The molecule has 5 nitrogen and oxygen atoms in total. The van der Waals surface area contributed by atoms with E-state index in [1.54, 1.807) is 0 Å². The molecule has 0 bridgehead atoms. The lowest BCUT2D eigenvalue weighted by Gasteiger charge is -2.09. The number of anilines is 1. The molecule has 0 aliphatic carbocycles. The summed E-state index contributed by atoms with van der Waals surface area (Å²) in [6, 6.07) is 2.23. The quantitative estimate of drug-likeness (QED) is 0.889. The zero-order valence-corrected chi connectivity index (χ0v) is 10.3. The molecule has 88 valence electrons. The molecule has 16 heavy (non-hydrogen) atoms. The van der Waals surface area contributed by atoms with Gasteiger partial charge in [0.1, 0.15) is 0 Å². The molecule has 0 saturated carbocycles. The van der Waals surface area contributed by atoms with Gasteiger partial charge in [-0.1, -0.05) is 23.2 Å². The van der Waals surface area contributed by atoms with E-state index in [2.05, 4.69) is 4.72 Å². The van der Waals surface area contributed by atoms with Crippen molar-refractivity contribution in [2.45, 2.75) is 0 Å². The van der Waals surface area contributed by atoms with E-state index in [1.165, 1.54) is 0 Å². The second-order valence-electron chi connectivity index (χ2n) is 2.99. The molecule has 1 rings (SSSR count). The van der Waals surface area contributed by atoms with Crippen molar-refractivity contribution >= 4 is 44.9 Å². The standard InChI is InChI=1S/C8H7Cl2NO4S/c1-16(14,15)11-7-5(9)2-4(8(12)13)3-6(7)10/h2-3,11H,1H3,(H,12,13). The fraction of sp³-hybridized carbons (Fsp3) is 0.125. The van der Waals surface area contributed by atoms with Crippen molar-refractivity contribution in [3.05, 3.63) is 27.7 Å². The molecule has 0 unspecified atom stereocenters. The van der Waals surface area contributed by atoms with Crippen LogP contribution in [0.15, 0.2) is 12.1 Å². The van der Waals surface area contributed by atoms with Crippen LogP contribution in [0.1, 0.15) is 10.4 Å². The number of carbonyl (C=O) groups is 1. The van der Waals surface area contributed by atoms with Crippen LogP contribution in [0.25, 0.3) is 0 Å². The Balaban J connectivity index is 3.28. The van der Waals surface area contributed by atoms with Gasteiger partial charge in [-0.25, -0.2) is 13.2 Å². The molecule has 0 aromatic heterocycles. The maximum atomic E-state index is 11.0. The highest BCUT2D eigenvalue weighted by molar-refractivity contribution is 7.92. The molecule has 0 radical (unpaired) electrons. The van der Waals surface area contributed by atoms with E-state index in [4.69, 9.17) is 28.3 Å². The van der Waals surface area contributed by atoms with Crippen LogP contribution in [0.5, 0.6) is 0 Å². The second-order valence-corrected chi connectivity index (χ2v) is 5.56. The highest BCUT2D eigenvalue weighted by atomic mass is 35.5. The van der Waals surface area contributed by atoms with Crippen molar-refractivity contribution in [1.29, 1.82) is 0 Å². The van der Waals surface area contributed by atoms with E-state index in [9.17, 15) is 13.2 Å². The van der Waals surface area contributed by atoms with Gasteiger partial charge in [-0.2, -0.15) is 0 Å². The minimum absolute atomic E-state index is 0.0316. The summed E-state index contributed by atoms with van der Waals surface area (Å²) in [7, 11) is -3.52. The minimum Gasteiger partial charge on any atom is -0.478 e. The van der Waals surface area contributed by atoms with Crippen LogP contribution in [0.4, 0.5) is 5.69 Å². The number of sulfonamides is 1. The van der Waals surface area contributed by atoms with E-state index in [-0.39, 0.29) is 21.3 Å². The van der Waals surface area contributed by atoms with E-state index < -0.39 is 16.0 Å². The van der Waals surface area contributed by atoms with Crippen LogP contribution >= 0.6 is 23.2 Å². The Labute approximate surface area is 102 Å². The Morgan fingerprint density at radius 1 is 1.31 bits per heavy atom. The summed E-state index contributed by atoms with van der Waals surface area (Å²) in [6.45, 7) is 0. The molecule has 0 amide bonds. The third-order valence-electron chi connectivity index (χ3n) is 1.58. The number of halogens is 2. The molecule has 0 fully saturated rings.